The lowest BCUT2D eigenvalue weighted by Crippen LogP contribution is -1.98. The summed E-state index contributed by atoms with van der Waals surface area (Å²) in [5.74, 6) is 0.0146. The summed E-state index contributed by atoms with van der Waals surface area (Å²) in [4.78, 5) is 11.4. The first kappa shape index (κ1) is 11.2. The molecular formula is C14H14N2O. The van der Waals surface area contributed by atoms with Gasteiger partial charge >= 0.3 is 0 Å². The summed E-state index contributed by atoms with van der Waals surface area (Å²) in [6.07, 6.45) is 0. The Balaban J connectivity index is 2.63. The third kappa shape index (κ3) is 2.13. The number of Topliss-reactive ketones (excluding diaryl/α,β-unsaturated/α-hetero) is 1. The summed E-state index contributed by atoms with van der Waals surface area (Å²) in [7, 11) is 0. The van der Waals surface area contributed by atoms with E-state index in [1.165, 1.54) is 6.92 Å². The molecule has 0 heterocycles. The molecule has 0 saturated carbocycles. The molecule has 0 bridgehead atoms. The fourth-order valence-electron chi connectivity index (χ4n) is 1.75. The Kier molecular flexibility index (Phi) is 2.83. The molecule has 0 unspecified atom stereocenters. The molecule has 3 nitrogen and oxygen atoms in total. The van der Waals surface area contributed by atoms with Crippen molar-refractivity contribution in [1.29, 1.82) is 0 Å². The van der Waals surface area contributed by atoms with Crippen LogP contribution in [-0.2, 0) is 0 Å². The van der Waals surface area contributed by atoms with Crippen molar-refractivity contribution in [2.45, 2.75) is 6.92 Å². The second kappa shape index (κ2) is 4.29. The fourth-order valence-corrected chi connectivity index (χ4v) is 1.75. The summed E-state index contributed by atoms with van der Waals surface area (Å²) in [5.41, 5.74) is 15.4. The smallest absolute Gasteiger partial charge is 0.159 e. The molecule has 17 heavy (non-hydrogen) atoms. The summed E-state index contributed by atoms with van der Waals surface area (Å²) in [5, 5.41) is 0. The van der Waals surface area contributed by atoms with Crippen molar-refractivity contribution in [2.75, 3.05) is 11.5 Å². The summed E-state index contributed by atoms with van der Waals surface area (Å²) < 4.78 is 0. The number of para-hydroxylation sites is 1. The van der Waals surface area contributed by atoms with Gasteiger partial charge in [0.05, 0.1) is 0 Å². The molecule has 3 heteroatoms. The van der Waals surface area contributed by atoms with E-state index in [2.05, 4.69) is 0 Å². The van der Waals surface area contributed by atoms with Crippen LogP contribution < -0.4 is 11.5 Å². The maximum atomic E-state index is 11.4. The zero-order valence-electron chi connectivity index (χ0n) is 9.60. The molecule has 0 spiro atoms. The van der Waals surface area contributed by atoms with Crippen molar-refractivity contribution in [3.63, 3.8) is 0 Å². The molecule has 0 saturated heterocycles. The maximum Gasteiger partial charge on any atom is 0.159 e. The van der Waals surface area contributed by atoms with Crippen LogP contribution >= 0.6 is 0 Å². The second-order valence-corrected chi connectivity index (χ2v) is 3.95. The Morgan fingerprint density at radius 3 is 2.24 bits per heavy atom. The predicted octanol–water partition coefficient (Wildman–Crippen LogP) is 2.72. The van der Waals surface area contributed by atoms with Crippen molar-refractivity contribution in [2.24, 2.45) is 0 Å². The molecule has 4 N–H and O–H groups in total. The first-order valence-electron chi connectivity index (χ1n) is 5.35. The van der Waals surface area contributed by atoms with E-state index in [0.717, 1.165) is 11.1 Å². The standard InChI is InChI=1S/C14H14N2O/c1-9(17)10-6-7-14(16)12(8-10)11-4-2-3-5-13(11)15/h2-8H,15-16H2,1H3. The first-order valence-corrected chi connectivity index (χ1v) is 5.35. The Bertz CT molecular complexity index is 576. The van der Waals surface area contributed by atoms with Crippen molar-refractivity contribution in [3.05, 3.63) is 48.0 Å². The summed E-state index contributed by atoms with van der Waals surface area (Å²) >= 11 is 0. The number of hydrogen-bond acceptors (Lipinski definition) is 3. The van der Waals surface area contributed by atoms with Crippen LogP contribution in [0.25, 0.3) is 11.1 Å². The molecule has 2 aromatic carbocycles. The van der Waals surface area contributed by atoms with Gasteiger partial charge in [-0.1, -0.05) is 18.2 Å². The third-order valence-electron chi connectivity index (χ3n) is 2.71. The van der Waals surface area contributed by atoms with Crippen LogP contribution in [0.2, 0.25) is 0 Å². The highest BCUT2D eigenvalue weighted by Gasteiger charge is 2.08. The highest BCUT2D eigenvalue weighted by molar-refractivity contribution is 5.97. The topological polar surface area (TPSA) is 69.1 Å². The summed E-state index contributed by atoms with van der Waals surface area (Å²) in [6.45, 7) is 1.53. The average molecular weight is 226 g/mol. The number of nitrogen functional groups attached to an aromatic ring is 2. The Hall–Kier alpha value is -2.29. The van der Waals surface area contributed by atoms with Crippen molar-refractivity contribution >= 4 is 17.2 Å². The fraction of sp³-hybridized carbons (Fsp3) is 0.0714. The number of hydrogen-bond donors (Lipinski definition) is 2. The average Bonchev–Trinajstić information content (AvgIpc) is 2.30. The molecule has 0 aliphatic heterocycles. The molecule has 0 amide bonds. The van der Waals surface area contributed by atoms with Gasteiger partial charge in [0, 0.05) is 28.1 Å². The number of benzene rings is 2. The number of nitrogens with two attached hydrogens (primary N) is 2. The van der Waals surface area contributed by atoms with Crippen molar-refractivity contribution < 1.29 is 4.79 Å². The highest BCUT2D eigenvalue weighted by atomic mass is 16.1. The largest absolute Gasteiger partial charge is 0.398 e. The molecule has 0 aliphatic carbocycles. The van der Waals surface area contributed by atoms with Crippen LogP contribution in [0.15, 0.2) is 42.5 Å². The molecule has 86 valence electrons. The highest BCUT2D eigenvalue weighted by Crippen LogP contribution is 2.31. The lowest BCUT2D eigenvalue weighted by molar-refractivity contribution is 0.101. The molecule has 0 atom stereocenters. The lowest BCUT2D eigenvalue weighted by atomic mass is 9.98. The zero-order valence-corrected chi connectivity index (χ0v) is 9.60. The minimum atomic E-state index is 0.0146. The van der Waals surface area contributed by atoms with Gasteiger partial charge in [-0.05, 0) is 31.2 Å². The number of rotatable bonds is 2. The van der Waals surface area contributed by atoms with E-state index in [9.17, 15) is 4.79 Å². The van der Waals surface area contributed by atoms with Crippen molar-refractivity contribution in [3.8, 4) is 11.1 Å². The van der Waals surface area contributed by atoms with E-state index >= 15 is 0 Å². The van der Waals surface area contributed by atoms with Crippen LogP contribution in [0, 0.1) is 0 Å². The number of carbonyl (C=O) groups is 1. The molecule has 0 fully saturated rings. The van der Waals surface area contributed by atoms with Crippen LogP contribution in [0.1, 0.15) is 17.3 Å². The van der Waals surface area contributed by atoms with E-state index in [0.29, 0.717) is 16.9 Å². The first-order chi connectivity index (χ1) is 8.09. The van der Waals surface area contributed by atoms with Crippen LogP contribution in [0.5, 0.6) is 0 Å². The van der Waals surface area contributed by atoms with Gasteiger partial charge in [0.15, 0.2) is 5.78 Å². The van der Waals surface area contributed by atoms with Gasteiger partial charge in [0.1, 0.15) is 0 Å². The lowest BCUT2D eigenvalue weighted by Gasteiger charge is -2.10. The van der Waals surface area contributed by atoms with Gasteiger partial charge in [-0.25, -0.2) is 0 Å². The normalized spacial score (nSPS) is 10.2. The summed E-state index contributed by atoms with van der Waals surface area (Å²) in [6, 6.07) is 12.7. The number of carbonyl (C=O) groups excluding carboxylic acids is 1. The molecular weight excluding hydrogens is 212 g/mol. The van der Waals surface area contributed by atoms with E-state index < -0.39 is 0 Å². The maximum absolute atomic E-state index is 11.4. The molecule has 0 aliphatic rings. The van der Waals surface area contributed by atoms with Gasteiger partial charge < -0.3 is 11.5 Å². The van der Waals surface area contributed by atoms with Crippen LogP contribution in [-0.4, -0.2) is 5.78 Å². The second-order valence-electron chi connectivity index (χ2n) is 3.95. The quantitative estimate of drug-likeness (QED) is 0.611. The Morgan fingerprint density at radius 2 is 1.59 bits per heavy atom. The number of ketones is 1. The van der Waals surface area contributed by atoms with Gasteiger partial charge in [0.2, 0.25) is 0 Å². The van der Waals surface area contributed by atoms with E-state index in [1.54, 1.807) is 18.2 Å². The zero-order chi connectivity index (χ0) is 12.4. The molecule has 0 aromatic heterocycles. The van der Waals surface area contributed by atoms with Crippen molar-refractivity contribution in [1.82, 2.24) is 0 Å². The van der Waals surface area contributed by atoms with Gasteiger partial charge in [-0.15, -0.1) is 0 Å². The predicted molar refractivity (Wildman–Crippen MR) is 70.7 cm³/mol. The Labute approximate surface area is 100 Å². The van der Waals surface area contributed by atoms with Gasteiger partial charge in [-0.3, -0.25) is 4.79 Å². The molecule has 0 radical (unpaired) electrons. The van der Waals surface area contributed by atoms with E-state index in [1.807, 2.05) is 24.3 Å². The third-order valence-corrected chi connectivity index (χ3v) is 2.71. The van der Waals surface area contributed by atoms with Crippen LogP contribution in [0.4, 0.5) is 11.4 Å². The van der Waals surface area contributed by atoms with Crippen LogP contribution in [0.3, 0.4) is 0 Å². The molecule has 2 rings (SSSR count). The van der Waals surface area contributed by atoms with Gasteiger partial charge in [0.25, 0.3) is 0 Å². The Morgan fingerprint density at radius 1 is 0.941 bits per heavy atom. The van der Waals surface area contributed by atoms with Gasteiger partial charge in [-0.2, -0.15) is 0 Å². The van der Waals surface area contributed by atoms with E-state index in [-0.39, 0.29) is 5.78 Å². The number of anilines is 2. The minimum Gasteiger partial charge on any atom is -0.398 e. The SMILES string of the molecule is CC(=O)c1ccc(N)c(-c2ccccc2N)c1. The minimum absolute atomic E-state index is 0.0146. The monoisotopic (exact) mass is 226 g/mol. The molecule has 2 aromatic rings. The van der Waals surface area contributed by atoms with E-state index in [4.69, 9.17) is 11.5 Å².